The molecule has 0 bridgehead atoms. The molecule has 4 rings (SSSR count). The molecule has 2 aromatic rings. The molecule has 29 heavy (non-hydrogen) atoms. The van der Waals surface area contributed by atoms with E-state index in [4.69, 9.17) is 4.74 Å². The van der Waals surface area contributed by atoms with Crippen LogP contribution in [0.2, 0.25) is 0 Å². The number of hydrogen-bond acceptors (Lipinski definition) is 4. The first-order valence-corrected chi connectivity index (χ1v) is 9.87. The van der Waals surface area contributed by atoms with Crippen LogP contribution in [-0.2, 0) is 11.3 Å². The highest BCUT2D eigenvalue weighted by atomic mass is 16.5. The molecular formula is C23H24N2O4. The van der Waals surface area contributed by atoms with E-state index in [0.29, 0.717) is 29.8 Å². The lowest BCUT2D eigenvalue weighted by atomic mass is 10.0. The fraction of sp³-hybridized carbons (Fsp3) is 0.348. The van der Waals surface area contributed by atoms with Crippen LogP contribution in [0.4, 0.5) is 0 Å². The van der Waals surface area contributed by atoms with Crippen LogP contribution in [0.15, 0.2) is 42.5 Å². The molecule has 2 aromatic carbocycles. The zero-order valence-electron chi connectivity index (χ0n) is 16.7. The number of carbonyl (C=O) groups is 3. The van der Waals surface area contributed by atoms with Gasteiger partial charge in [0.15, 0.2) is 0 Å². The summed E-state index contributed by atoms with van der Waals surface area (Å²) < 4.78 is 5.56. The summed E-state index contributed by atoms with van der Waals surface area (Å²) in [5, 5.41) is 0. The van der Waals surface area contributed by atoms with E-state index in [0.717, 1.165) is 24.0 Å². The molecule has 6 nitrogen and oxygen atoms in total. The van der Waals surface area contributed by atoms with Gasteiger partial charge in [0.05, 0.1) is 23.8 Å². The molecule has 2 aliphatic rings. The summed E-state index contributed by atoms with van der Waals surface area (Å²) in [4.78, 5) is 41.1. The summed E-state index contributed by atoms with van der Waals surface area (Å²) in [5.74, 6) is -0.852. The normalized spacial score (nSPS) is 18.3. The van der Waals surface area contributed by atoms with Gasteiger partial charge in [0, 0.05) is 25.8 Å². The van der Waals surface area contributed by atoms with E-state index < -0.39 is 0 Å². The van der Waals surface area contributed by atoms with Crippen LogP contribution in [0.25, 0.3) is 0 Å². The van der Waals surface area contributed by atoms with Crippen LogP contribution < -0.4 is 0 Å². The zero-order valence-corrected chi connectivity index (χ0v) is 16.7. The van der Waals surface area contributed by atoms with E-state index >= 15 is 0 Å². The number of fused-ring (bicyclic) bond motifs is 1. The molecule has 2 heterocycles. The molecule has 0 unspecified atom stereocenters. The maximum Gasteiger partial charge on any atom is 0.261 e. The number of aryl methyl sites for hydroxylation is 1. The highest BCUT2D eigenvalue weighted by molar-refractivity contribution is 6.22. The van der Waals surface area contributed by atoms with Crippen molar-refractivity contribution in [2.45, 2.75) is 32.4 Å². The highest BCUT2D eigenvalue weighted by Crippen LogP contribution is 2.26. The average Bonchev–Trinajstić information content (AvgIpc) is 3.32. The van der Waals surface area contributed by atoms with Crippen molar-refractivity contribution in [2.75, 3.05) is 20.2 Å². The fourth-order valence-corrected chi connectivity index (χ4v) is 3.84. The monoisotopic (exact) mass is 392 g/mol. The van der Waals surface area contributed by atoms with Crippen LogP contribution in [0.3, 0.4) is 0 Å². The van der Waals surface area contributed by atoms with Gasteiger partial charge in [0.2, 0.25) is 0 Å². The maximum absolute atomic E-state index is 12.9. The summed E-state index contributed by atoms with van der Waals surface area (Å²) in [7, 11) is 1.73. The standard InChI is InChI=1S/C23H24N2O4/c1-15-5-7-16(8-6-15)13-24(2)21(26)17-9-10-19-20(12-17)23(28)25(22(19)27)14-18-4-3-11-29-18/h5-10,12,18H,3-4,11,13-14H2,1-2H3/t18-/m1/s1. The van der Waals surface area contributed by atoms with Crippen LogP contribution in [0.5, 0.6) is 0 Å². The van der Waals surface area contributed by atoms with Crippen molar-refractivity contribution >= 4 is 17.7 Å². The quantitative estimate of drug-likeness (QED) is 0.734. The van der Waals surface area contributed by atoms with Gasteiger partial charge in [-0.25, -0.2) is 0 Å². The number of carbonyl (C=O) groups excluding carboxylic acids is 3. The second-order valence-corrected chi connectivity index (χ2v) is 7.76. The van der Waals surface area contributed by atoms with Crippen molar-refractivity contribution in [3.63, 3.8) is 0 Å². The molecule has 6 heteroatoms. The first kappa shape index (κ1) is 19.3. The Hall–Kier alpha value is -2.99. The van der Waals surface area contributed by atoms with Gasteiger partial charge in [-0.15, -0.1) is 0 Å². The Kier molecular flexibility index (Phi) is 5.20. The smallest absolute Gasteiger partial charge is 0.261 e. The van der Waals surface area contributed by atoms with Gasteiger partial charge in [-0.1, -0.05) is 29.8 Å². The summed E-state index contributed by atoms with van der Waals surface area (Å²) in [6, 6.07) is 12.7. The fourth-order valence-electron chi connectivity index (χ4n) is 3.84. The zero-order chi connectivity index (χ0) is 20.5. The van der Waals surface area contributed by atoms with Gasteiger partial charge in [-0.05, 0) is 43.5 Å². The van der Waals surface area contributed by atoms with Crippen molar-refractivity contribution in [1.29, 1.82) is 0 Å². The minimum absolute atomic E-state index is 0.0982. The molecule has 0 spiro atoms. The Bertz CT molecular complexity index is 961. The van der Waals surface area contributed by atoms with E-state index in [-0.39, 0.29) is 30.4 Å². The highest BCUT2D eigenvalue weighted by Gasteiger charge is 2.38. The summed E-state index contributed by atoms with van der Waals surface area (Å²) >= 11 is 0. The molecule has 1 saturated heterocycles. The summed E-state index contributed by atoms with van der Waals surface area (Å²) in [6.45, 7) is 3.42. The van der Waals surface area contributed by atoms with E-state index in [1.54, 1.807) is 30.1 Å². The molecule has 2 aliphatic heterocycles. The van der Waals surface area contributed by atoms with E-state index in [9.17, 15) is 14.4 Å². The minimum atomic E-state index is -0.351. The number of hydrogen-bond donors (Lipinski definition) is 0. The molecule has 0 radical (unpaired) electrons. The lowest BCUT2D eigenvalue weighted by Gasteiger charge is -2.18. The summed E-state index contributed by atoms with van der Waals surface area (Å²) in [6.07, 6.45) is 1.69. The van der Waals surface area contributed by atoms with Gasteiger partial charge < -0.3 is 9.64 Å². The van der Waals surface area contributed by atoms with Crippen molar-refractivity contribution in [3.8, 4) is 0 Å². The Morgan fingerprint density at radius 2 is 1.83 bits per heavy atom. The first-order chi connectivity index (χ1) is 13.9. The topological polar surface area (TPSA) is 66.9 Å². The Balaban J connectivity index is 1.50. The lowest BCUT2D eigenvalue weighted by Crippen LogP contribution is -2.36. The van der Waals surface area contributed by atoms with E-state index in [2.05, 4.69) is 0 Å². The van der Waals surface area contributed by atoms with Gasteiger partial charge in [0.1, 0.15) is 0 Å². The number of amides is 3. The Labute approximate surface area is 170 Å². The third-order valence-corrected chi connectivity index (χ3v) is 5.51. The second kappa shape index (κ2) is 7.79. The van der Waals surface area contributed by atoms with Gasteiger partial charge in [-0.2, -0.15) is 0 Å². The van der Waals surface area contributed by atoms with Crippen molar-refractivity contribution < 1.29 is 19.1 Å². The van der Waals surface area contributed by atoms with Crippen LogP contribution in [0, 0.1) is 6.92 Å². The van der Waals surface area contributed by atoms with Gasteiger partial charge in [0.25, 0.3) is 17.7 Å². The third-order valence-electron chi connectivity index (χ3n) is 5.51. The molecule has 1 atom stereocenters. The maximum atomic E-state index is 12.9. The van der Waals surface area contributed by atoms with Crippen molar-refractivity contribution in [3.05, 3.63) is 70.3 Å². The molecule has 150 valence electrons. The van der Waals surface area contributed by atoms with E-state index in [1.165, 1.54) is 4.90 Å². The first-order valence-electron chi connectivity index (χ1n) is 9.87. The number of rotatable bonds is 5. The SMILES string of the molecule is Cc1ccc(CN(C)C(=O)c2ccc3c(c2)C(=O)N(C[C@H]2CCCO2)C3=O)cc1. The molecule has 3 amide bonds. The molecule has 0 N–H and O–H groups in total. The van der Waals surface area contributed by atoms with Crippen molar-refractivity contribution in [2.24, 2.45) is 0 Å². The average molecular weight is 392 g/mol. The molecule has 1 fully saturated rings. The van der Waals surface area contributed by atoms with Crippen LogP contribution in [0.1, 0.15) is 55.0 Å². The lowest BCUT2D eigenvalue weighted by molar-refractivity contribution is 0.0475. The third kappa shape index (κ3) is 3.80. The molecule has 0 saturated carbocycles. The Morgan fingerprint density at radius 1 is 1.10 bits per heavy atom. The van der Waals surface area contributed by atoms with Crippen molar-refractivity contribution in [1.82, 2.24) is 9.80 Å². The van der Waals surface area contributed by atoms with Gasteiger partial charge >= 0.3 is 0 Å². The number of nitrogens with zero attached hydrogens (tertiary/aromatic N) is 2. The largest absolute Gasteiger partial charge is 0.376 e. The van der Waals surface area contributed by atoms with E-state index in [1.807, 2.05) is 31.2 Å². The second-order valence-electron chi connectivity index (χ2n) is 7.76. The number of imide groups is 1. The molecule has 0 aromatic heterocycles. The predicted octanol–water partition coefficient (Wildman–Crippen LogP) is 3.04. The number of benzene rings is 2. The molecular weight excluding hydrogens is 368 g/mol. The minimum Gasteiger partial charge on any atom is -0.376 e. The summed E-state index contributed by atoms with van der Waals surface area (Å²) in [5.41, 5.74) is 3.24. The predicted molar refractivity (Wildman–Crippen MR) is 108 cm³/mol. The number of ether oxygens (including phenoxy) is 1. The van der Waals surface area contributed by atoms with Crippen LogP contribution in [-0.4, -0.2) is 53.8 Å². The molecule has 0 aliphatic carbocycles. The van der Waals surface area contributed by atoms with Gasteiger partial charge in [-0.3, -0.25) is 19.3 Å². The Morgan fingerprint density at radius 3 is 2.52 bits per heavy atom. The van der Waals surface area contributed by atoms with Crippen LogP contribution >= 0.6 is 0 Å².